The standard InChI is InChI=1S/C20H20ClN3O/c1-14-19(21)20(24-15(2)23-14)22-12-16-8-10-18(11-9-16)25-13-17-6-4-3-5-7-17/h3-11H,12-13H2,1-2H3,(H,22,23,24)/i8D,9D,10D,11D. The zero-order valence-electron chi connectivity index (χ0n) is 18.0. The lowest BCUT2D eigenvalue weighted by atomic mass is 10.2. The molecule has 5 heteroatoms. The van der Waals surface area contributed by atoms with Crippen LogP contribution in [0.25, 0.3) is 0 Å². The van der Waals surface area contributed by atoms with Gasteiger partial charge in [0.2, 0.25) is 0 Å². The van der Waals surface area contributed by atoms with Crippen LogP contribution >= 0.6 is 11.6 Å². The highest BCUT2D eigenvalue weighted by Crippen LogP contribution is 2.23. The summed E-state index contributed by atoms with van der Waals surface area (Å²) in [4.78, 5) is 8.41. The van der Waals surface area contributed by atoms with Gasteiger partial charge >= 0.3 is 0 Å². The molecule has 128 valence electrons. The number of aryl methyl sites for hydroxylation is 2. The van der Waals surface area contributed by atoms with E-state index in [0.717, 1.165) is 5.56 Å². The molecule has 0 radical (unpaired) electrons. The number of benzene rings is 2. The zero-order chi connectivity index (χ0) is 21.1. The molecule has 0 saturated heterocycles. The molecule has 1 aromatic heterocycles. The van der Waals surface area contributed by atoms with Crippen molar-refractivity contribution >= 4 is 17.4 Å². The number of hydrogen-bond donors (Lipinski definition) is 1. The summed E-state index contributed by atoms with van der Waals surface area (Å²) in [6.45, 7) is 3.69. The first kappa shape index (κ1) is 12.7. The van der Waals surface area contributed by atoms with Crippen LogP contribution in [-0.2, 0) is 13.2 Å². The summed E-state index contributed by atoms with van der Waals surface area (Å²) in [6, 6.07) is 8.57. The maximum Gasteiger partial charge on any atom is 0.149 e. The third kappa shape index (κ3) is 4.70. The lowest BCUT2D eigenvalue weighted by molar-refractivity contribution is 0.306. The zero-order valence-corrected chi connectivity index (χ0v) is 14.7. The van der Waals surface area contributed by atoms with Crippen molar-refractivity contribution < 1.29 is 10.2 Å². The van der Waals surface area contributed by atoms with E-state index in [1.54, 1.807) is 13.8 Å². The quantitative estimate of drug-likeness (QED) is 0.678. The molecule has 0 unspecified atom stereocenters. The van der Waals surface area contributed by atoms with Gasteiger partial charge < -0.3 is 10.1 Å². The van der Waals surface area contributed by atoms with E-state index in [2.05, 4.69) is 15.3 Å². The molecule has 0 fully saturated rings. The van der Waals surface area contributed by atoms with Crippen molar-refractivity contribution in [1.82, 2.24) is 9.97 Å². The number of rotatable bonds is 6. The van der Waals surface area contributed by atoms with Crippen molar-refractivity contribution in [3.8, 4) is 5.75 Å². The highest BCUT2D eigenvalue weighted by Gasteiger charge is 2.07. The van der Waals surface area contributed by atoms with Crippen molar-refractivity contribution in [2.45, 2.75) is 27.0 Å². The van der Waals surface area contributed by atoms with E-state index >= 15 is 0 Å². The average molecular weight is 358 g/mol. The van der Waals surface area contributed by atoms with Crippen LogP contribution in [0.15, 0.2) is 54.5 Å². The number of nitrogens with one attached hydrogen (secondary N) is 1. The highest BCUT2D eigenvalue weighted by molar-refractivity contribution is 6.33. The van der Waals surface area contributed by atoms with Crippen LogP contribution in [0.2, 0.25) is 5.02 Å². The fourth-order valence-corrected chi connectivity index (χ4v) is 2.36. The minimum absolute atomic E-state index is 0.0318. The Balaban J connectivity index is 1.85. The van der Waals surface area contributed by atoms with E-state index in [9.17, 15) is 0 Å². The van der Waals surface area contributed by atoms with Crippen molar-refractivity contribution in [2.24, 2.45) is 0 Å². The maximum absolute atomic E-state index is 8.28. The molecule has 0 atom stereocenters. The molecule has 4 nitrogen and oxygen atoms in total. The number of ether oxygens (including phenoxy) is 1. The molecule has 0 bridgehead atoms. The van der Waals surface area contributed by atoms with E-state index in [4.69, 9.17) is 21.8 Å². The SMILES string of the molecule is [2H]c1c([2H])c(OCc2ccccc2)c([2H])c([2H])c1CNc1nc(C)nc(C)c1Cl. The van der Waals surface area contributed by atoms with E-state index in [0.29, 0.717) is 22.4 Å². The number of hydrogen-bond acceptors (Lipinski definition) is 4. The number of halogens is 1. The van der Waals surface area contributed by atoms with Crippen molar-refractivity contribution in [1.29, 1.82) is 0 Å². The van der Waals surface area contributed by atoms with Crippen LogP contribution in [0.3, 0.4) is 0 Å². The summed E-state index contributed by atoms with van der Waals surface area (Å²) in [7, 11) is 0. The molecule has 3 aromatic rings. The molecule has 0 spiro atoms. The highest BCUT2D eigenvalue weighted by atomic mass is 35.5. The molecule has 0 aliphatic rings. The average Bonchev–Trinajstić information content (AvgIpc) is 2.70. The van der Waals surface area contributed by atoms with Crippen LogP contribution in [0.5, 0.6) is 5.75 Å². The Bertz CT molecular complexity index is 1020. The van der Waals surface area contributed by atoms with Gasteiger partial charge in [-0.3, -0.25) is 0 Å². The molecular formula is C20H20ClN3O. The van der Waals surface area contributed by atoms with Gasteiger partial charge in [-0.2, -0.15) is 0 Å². The number of anilines is 1. The molecular weight excluding hydrogens is 334 g/mol. The topological polar surface area (TPSA) is 47.0 Å². The predicted molar refractivity (Wildman–Crippen MR) is 101 cm³/mol. The second-order valence-corrected chi connectivity index (χ2v) is 5.83. The van der Waals surface area contributed by atoms with Crippen molar-refractivity contribution in [2.75, 3.05) is 5.32 Å². The molecule has 25 heavy (non-hydrogen) atoms. The van der Waals surface area contributed by atoms with E-state index < -0.39 is 0 Å². The summed E-state index contributed by atoms with van der Waals surface area (Å²) in [5.74, 6) is 0.857. The van der Waals surface area contributed by atoms with Gasteiger partial charge in [-0.05, 0) is 37.1 Å². The summed E-state index contributed by atoms with van der Waals surface area (Å²) >= 11 is 6.22. The number of aromatic nitrogens is 2. The molecule has 2 aromatic carbocycles. The van der Waals surface area contributed by atoms with Gasteiger partial charge in [0.15, 0.2) is 0 Å². The molecule has 0 aliphatic heterocycles. The van der Waals surface area contributed by atoms with Crippen LogP contribution in [0.1, 0.15) is 28.1 Å². The predicted octanol–water partition coefficient (Wildman–Crippen LogP) is 4.94. The fraction of sp³-hybridized carbons (Fsp3) is 0.200. The number of nitrogens with zero attached hydrogens (tertiary/aromatic N) is 2. The molecule has 1 heterocycles. The van der Waals surface area contributed by atoms with Gasteiger partial charge in [-0.1, -0.05) is 54.0 Å². The Morgan fingerprint density at radius 2 is 1.76 bits per heavy atom. The molecule has 0 saturated carbocycles. The second kappa shape index (κ2) is 7.99. The summed E-state index contributed by atoms with van der Waals surface area (Å²) in [5.41, 5.74) is 1.70. The summed E-state index contributed by atoms with van der Waals surface area (Å²) < 4.78 is 38.7. The summed E-state index contributed by atoms with van der Waals surface area (Å²) in [6.07, 6.45) is 0. The van der Waals surface area contributed by atoms with Crippen LogP contribution in [0, 0.1) is 13.8 Å². The van der Waals surface area contributed by atoms with Crippen LogP contribution in [-0.4, -0.2) is 9.97 Å². The third-order valence-electron chi connectivity index (χ3n) is 3.44. The largest absolute Gasteiger partial charge is 0.489 e. The fourth-order valence-electron chi connectivity index (χ4n) is 2.21. The Labute approximate surface area is 158 Å². The van der Waals surface area contributed by atoms with Gasteiger partial charge in [0.1, 0.15) is 29.0 Å². The minimum atomic E-state index is -0.222. The molecule has 0 aliphatic carbocycles. The van der Waals surface area contributed by atoms with Crippen molar-refractivity contribution in [3.05, 3.63) is 82.2 Å². The minimum Gasteiger partial charge on any atom is -0.489 e. The van der Waals surface area contributed by atoms with Gasteiger partial charge in [0.05, 0.1) is 11.2 Å². The lowest BCUT2D eigenvalue weighted by Gasteiger charge is -2.11. The first-order valence-electron chi connectivity index (χ1n) is 9.80. The molecule has 1 N–H and O–H groups in total. The van der Waals surface area contributed by atoms with E-state index in [1.165, 1.54) is 0 Å². The van der Waals surface area contributed by atoms with Crippen molar-refractivity contribution in [3.63, 3.8) is 0 Å². The second-order valence-electron chi connectivity index (χ2n) is 5.45. The van der Waals surface area contributed by atoms with Gasteiger partial charge in [0, 0.05) is 6.54 Å². The van der Waals surface area contributed by atoms with Crippen LogP contribution in [0.4, 0.5) is 5.82 Å². The van der Waals surface area contributed by atoms with E-state index in [1.807, 2.05) is 30.3 Å². The monoisotopic (exact) mass is 357 g/mol. The summed E-state index contributed by atoms with van der Waals surface area (Å²) in [5, 5.41) is 3.35. The van der Waals surface area contributed by atoms with Crippen LogP contribution < -0.4 is 10.1 Å². The van der Waals surface area contributed by atoms with Gasteiger partial charge in [0.25, 0.3) is 0 Å². The normalized spacial score (nSPS) is 12.8. The molecule has 3 rings (SSSR count). The third-order valence-corrected chi connectivity index (χ3v) is 3.89. The Hall–Kier alpha value is -2.59. The molecule has 0 amide bonds. The first-order chi connectivity index (χ1) is 13.8. The van der Waals surface area contributed by atoms with Gasteiger partial charge in [-0.15, -0.1) is 0 Å². The lowest BCUT2D eigenvalue weighted by Crippen LogP contribution is -2.05. The smallest absolute Gasteiger partial charge is 0.149 e. The van der Waals surface area contributed by atoms with Gasteiger partial charge in [-0.25, -0.2) is 9.97 Å². The Kier molecular flexibility index (Phi) is 4.07. The Morgan fingerprint density at radius 3 is 2.48 bits per heavy atom. The maximum atomic E-state index is 8.28. The first-order valence-corrected chi connectivity index (χ1v) is 8.18. The van der Waals surface area contributed by atoms with E-state index in [-0.39, 0.29) is 48.6 Å². The Morgan fingerprint density at radius 1 is 1.04 bits per heavy atom.